The highest BCUT2D eigenvalue weighted by Gasteiger charge is 1.89. The molecule has 3 heteroatoms. The highest BCUT2D eigenvalue weighted by molar-refractivity contribution is 9.11. The molecule has 0 atom stereocenters. The molecule has 0 saturated heterocycles. The molecule has 0 fully saturated rings. The van der Waals surface area contributed by atoms with Gasteiger partial charge in [0.2, 0.25) is 0 Å². The fourth-order valence-corrected chi connectivity index (χ4v) is 0.431. The predicted octanol–water partition coefficient (Wildman–Crippen LogP) is 1.46. The normalized spacial score (nSPS) is 8.60. The fourth-order valence-electron chi connectivity index (χ4n) is 0.299. The van der Waals surface area contributed by atoms with Crippen molar-refractivity contribution in [3.05, 3.63) is 11.1 Å². The van der Waals surface area contributed by atoms with E-state index in [1.807, 2.05) is 0 Å². The minimum atomic E-state index is -0.492. The third-order valence-electron chi connectivity index (χ3n) is 0.596. The summed E-state index contributed by atoms with van der Waals surface area (Å²) < 4.78 is 4.53. The minimum Gasteiger partial charge on any atom is -0.456 e. The van der Waals surface area contributed by atoms with Gasteiger partial charge >= 0.3 is 5.97 Å². The molecule has 0 heterocycles. The van der Waals surface area contributed by atoms with E-state index in [0.29, 0.717) is 6.61 Å². The van der Waals surface area contributed by atoms with E-state index in [9.17, 15) is 4.79 Å². The van der Waals surface area contributed by atoms with E-state index >= 15 is 0 Å². The van der Waals surface area contributed by atoms with Crippen LogP contribution < -0.4 is 0 Å². The highest BCUT2D eigenvalue weighted by atomic mass is 79.9. The second-order valence-electron chi connectivity index (χ2n) is 1.28. The summed E-state index contributed by atoms with van der Waals surface area (Å²) in [5.41, 5.74) is 0. The van der Waals surface area contributed by atoms with E-state index in [0.717, 1.165) is 0 Å². The van der Waals surface area contributed by atoms with Gasteiger partial charge in [-0.25, -0.2) is 4.79 Å². The van der Waals surface area contributed by atoms with E-state index in [1.54, 1.807) is 11.9 Å². The monoisotopic (exact) mass is 202 g/mol. The summed E-state index contributed by atoms with van der Waals surface area (Å²) in [6, 6.07) is 0. The van der Waals surface area contributed by atoms with Crippen LogP contribution in [0.5, 0.6) is 0 Å². The average molecular weight is 203 g/mol. The van der Waals surface area contributed by atoms with Crippen LogP contribution in [-0.4, -0.2) is 12.6 Å². The van der Waals surface area contributed by atoms with Crippen molar-refractivity contribution in [1.82, 2.24) is 0 Å². The first-order valence-electron chi connectivity index (χ1n) is 2.74. The van der Waals surface area contributed by atoms with E-state index in [2.05, 4.69) is 32.5 Å². The van der Waals surface area contributed by atoms with Crippen LogP contribution >= 0.6 is 15.9 Å². The number of hydrogen-bond donors (Lipinski definition) is 0. The number of allylic oxidation sites excluding steroid dienone is 1. The third-order valence-corrected chi connectivity index (χ3v) is 0.860. The summed E-state index contributed by atoms with van der Waals surface area (Å²) in [5.74, 6) is 4.23. The molecule has 2 nitrogen and oxygen atoms in total. The molecule has 0 aliphatic rings. The van der Waals surface area contributed by atoms with Crippen LogP contribution in [0.15, 0.2) is 11.1 Å². The molecule has 0 unspecified atom stereocenters. The quantitative estimate of drug-likeness (QED) is 0.366. The lowest BCUT2D eigenvalue weighted by molar-refractivity contribution is -0.136. The maximum Gasteiger partial charge on any atom is 0.384 e. The predicted molar refractivity (Wildman–Crippen MR) is 42.5 cm³/mol. The molecule has 0 aliphatic heterocycles. The Morgan fingerprint density at radius 3 is 3.00 bits per heavy atom. The maximum atomic E-state index is 10.5. The van der Waals surface area contributed by atoms with Gasteiger partial charge in [0.1, 0.15) is 0 Å². The van der Waals surface area contributed by atoms with E-state index in [1.165, 1.54) is 6.08 Å². The van der Waals surface area contributed by atoms with Crippen LogP contribution in [0.4, 0.5) is 0 Å². The Morgan fingerprint density at radius 1 is 1.80 bits per heavy atom. The summed E-state index contributed by atoms with van der Waals surface area (Å²) in [7, 11) is 0. The first kappa shape index (κ1) is 9.25. The average Bonchev–Trinajstić information content (AvgIpc) is 1.89. The van der Waals surface area contributed by atoms with Crippen molar-refractivity contribution < 1.29 is 9.53 Å². The molecular weight excluding hydrogens is 196 g/mol. The molecule has 0 radical (unpaired) electrons. The van der Waals surface area contributed by atoms with Crippen LogP contribution in [0.25, 0.3) is 0 Å². The summed E-state index contributed by atoms with van der Waals surface area (Å²) in [5, 5.41) is 0. The Balaban J connectivity index is 3.69. The maximum absolute atomic E-state index is 10.5. The molecular formula is C7H7BrO2. The van der Waals surface area contributed by atoms with Crippen molar-refractivity contribution in [2.75, 3.05) is 6.61 Å². The molecule has 0 saturated carbocycles. The molecule has 0 aliphatic carbocycles. The van der Waals surface area contributed by atoms with Crippen molar-refractivity contribution >= 4 is 21.9 Å². The highest BCUT2D eigenvalue weighted by Crippen LogP contribution is 1.79. The minimum absolute atomic E-state index is 0.367. The van der Waals surface area contributed by atoms with Crippen LogP contribution in [0.1, 0.15) is 6.92 Å². The van der Waals surface area contributed by atoms with Gasteiger partial charge in [-0.3, -0.25) is 0 Å². The Hall–Kier alpha value is -0.750. The second kappa shape index (κ2) is 6.37. The summed E-state index contributed by atoms with van der Waals surface area (Å²) in [6.07, 6.45) is 1.51. The van der Waals surface area contributed by atoms with Crippen molar-refractivity contribution in [3.63, 3.8) is 0 Å². The van der Waals surface area contributed by atoms with Crippen molar-refractivity contribution in [1.29, 1.82) is 0 Å². The zero-order valence-electron chi connectivity index (χ0n) is 5.56. The Labute approximate surface area is 68.4 Å². The number of hydrogen-bond acceptors (Lipinski definition) is 2. The fraction of sp³-hybridized carbons (Fsp3) is 0.286. The molecule has 0 amide bonds. The van der Waals surface area contributed by atoms with Crippen molar-refractivity contribution in [2.45, 2.75) is 6.92 Å². The number of carbonyl (C=O) groups is 1. The van der Waals surface area contributed by atoms with Crippen LogP contribution in [-0.2, 0) is 9.53 Å². The van der Waals surface area contributed by atoms with Gasteiger partial charge in [-0.05, 0) is 18.0 Å². The standard InChI is InChI=1S/C7H7BrO2/c1-2-10-7(9)5-3-4-6-8/h4,6H,2H2,1H3. The molecule has 0 bridgehead atoms. The molecule has 0 aromatic heterocycles. The SMILES string of the molecule is CCOC(=O)C#CC=CBr. The van der Waals surface area contributed by atoms with E-state index < -0.39 is 5.97 Å². The lowest BCUT2D eigenvalue weighted by Gasteiger charge is -1.89. The lowest BCUT2D eigenvalue weighted by Crippen LogP contribution is -1.98. The molecule has 0 rings (SSSR count). The molecule has 0 spiro atoms. The zero-order chi connectivity index (χ0) is 7.82. The van der Waals surface area contributed by atoms with Crippen LogP contribution in [0, 0.1) is 11.8 Å². The van der Waals surface area contributed by atoms with Gasteiger partial charge in [0.15, 0.2) is 0 Å². The van der Waals surface area contributed by atoms with Crippen LogP contribution in [0.2, 0.25) is 0 Å². The van der Waals surface area contributed by atoms with E-state index in [-0.39, 0.29) is 0 Å². The molecule has 0 aromatic carbocycles. The summed E-state index contributed by atoms with van der Waals surface area (Å²) >= 11 is 3.00. The van der Waals surface area contributed by atoms with Crippen molar-refractivity contribution in [2.24, 2.45) is 0 Å². The number of halogens is 1. The number of ether oxygens (including phenoxy) is 1. The Bertz CT molecular complexity index is 186. The third kappa shape index (κ3) is 5.39. The largest absolute Gasteiger partial charge is 0.456 e. The molecule has 54 valence electrons. The Kier molecular flexibility index (Phi) is 5.89. The number of rotatable bonds is 1. The van der Waals surface area contributed by atoms with Crippen LogP contribution in [0.3, 0.4) is 0 Å². The van der Waals surface area contributed by atoms with Gasteiger partial charge in [-0.15, -0.1) is 0 Å². The van der Waals surface area contributed by atoms with Gasteiger partial charge in [-0.1, -0.05) is 21.9 Å². The first-order chi connectivity index (χ1) is 4.81. The summed E-state index contributed by atoms with van der Waals surface area (Å²) in [4.78, 5) is 12.0. The van der Waals surface area contributed by atoms with Crippen molar-refractivity contribution in [3.8, 4) is 11.8 Å². The smallest absolute Gasteiger partial charge is 0.384 e. The first-order valence-corrected chi connectivity index (χ1v) is 3.66. The lowest BCUT2D eigenvalue weighted by atomic mass is 10.5. The van der Waals surface area contributed by atoms with Gasteiger partial charge < -0.3 is 4.74 Å². The van der Waals surface area contributed by atoms with Gasteiger partial charge in [0.05, 0.1) is 6.61 Å². The number of carbonyl (C=O) groups excluding carboxylic acids is 1. The molecule has 10 heavy (non-hydrogen) atoms. The Morgan fingerprint density at radius 2 is 2.50 bits per heavy atom. The van der Waals surface area contributed by atoms with Gasteiger partial charge in [0, 0.05) is 5.92 Å². The molecule has 0 N–H and O–H groups in total. The molecule has 0 aromatic rings. The second-order valence-corrected chi connectivity index (χ2v) is 1.81. The summed E-state index contributed by atoms with van der Waals surface area (Å²) in [6.45, 7) is 2.10. The van der Waals surface area contributed by atoms with Gasteiger partial charge in [0.25, 0.3) is 0 Å². The topological polar surface area (TPSA) is 26.3 Å². The zero-order valence-corrected chi connectivity index (χ0v) is 7.14. The van der Waals surface area contributed by atoms with Gasteiger partial charge in [-0.2, -0.15) is 0 Å². The van der Waals surface area contributed by atoms with E-state index in [4.69, 9.17) is 0 Å². The number of esters is 1.